The first-order valence-electron chi connectivity index (χ1n) is 11.1. The van der Waals surface area contributed by atoms with E-state index in [-0.39, 0.29) is 36.5 Å². The standard InChI is InChI=1S/C23H13Cl2F9N4O4S.Na.H/c1-37(6-7-42-20(39)11-2-4-12(5-3-11)21(26,27)28)19-18(43(40,41)23(32,33)34)16(10-35)36-38(19)17-14(24)8-13(9-15(17)25)22(29,30)31;;/h2-5,8-9H,6-7H2,1H3;;/q;+1;-1. The van der Waals surface area contributed by atoms with Crippen LogP contribution in [0.15, 0.2) is 41.3 Å². The molecule has 0 fully saturated rings. The van der Waals surface area contributed by atoms with Crippen LogP contribution in [0.4, 0.5) is 45.3 Å². The van der Waals surface area contributed by atoms with Crippen LogP contribution in [0.2, 0.25) is 10.0 Å². The molecule has 2 aromatic carbocycles. The van der Waals surface area contributed by atoms with E-state index in [9.17, 15) is 58.0 Å². The van der Waals surface area contributed by atoms with Gasteiger partial charge in [0.25, 0.3) is 9.84 Å². The molecular formula is C23H14Cl2F9N4NaO4S. The fourth-order valence-electron chi connectivity index (χ4n) is 3.51. The Kier molecular flexibility index (Phi) is 11.4. The van der Waals surface area contributed by atoms with Crippen LogP contribution in [0.5, 0.6) is 0 Å². The van der Waals surface area contributed by atoms with Crippen molar-refractivity contribution in [3.05, 3.63) is 68.8 Å². The summed E-state index contributed by atoms with van der Waals surface area (Å²) in [4.78, 5) is 11.3. The number of sulfone groups is 1. The van der Waals surface area contributed by atoms with Crippen molar-refractivity contribution in [3.8, 4) is 11.8 Å². The molecule has 234 valence electrons. The second-order valence-corrected chi connectivity index (χ2v) is 11.1. The van der Waals surface area contributed by atoms with Gasteiger partial charge in [-0.2, -0.15) is 49.9 Å². The first-order valence-corrected chi connectivity index (χ1v) is 13.3. The molecule has 3 aromatic rings. The van der Waals surface area contributed by atoms with Crippen LogP contribution < -0.4 is 34.5 Å². The molecule has 0 aliphatic heterocycles. The number of hydrogen-bond acceptors (Lipinski definition) is 7. The van der Waals surface area contributed by atoms with Crippen molar-refractivity contribution in [2.75, 3.05) is 25.1 Å². The number of carbonyl (C=O) groups is 1. The number of benzene rings is 2. The molecule has 0 aliphatic rings. The van der Waals surface area contributed by atoms with E-state index >= 15 is 0 Å². The van der Waals surface area contributed by atoms with Gasteiger partial charge in [-0.1, -0.05) is 23.2 Å². The first-order chi connectivity index (χ1) is 19.6. The first kappa shape index (κ1) is 37.5. The summed E-state index contributed by atoms with van der Waals surface area (Å²) in [6, 6.07) is 4.63. The van der Waals surface area contributed by atoms with Crippen LogP contribution in [0.25, 0.3) is 5.69 Å². The molecule has 0 atom stereocenters. The van der Waals surface area contributed by atoms with E-state index in [0.29, 0.717) is 33.8 Å². The monoisotopic (exact) mass is 706 g/mol. The Morgan fingerprint density at radius 1 is 1.00 bits per heavy atom. The summed E-state index contributed by atoms with van der Waals surface area (Å²) in [5.74, 6) is -2.20. The molecule has 0 spiro atoms. The molecule has 0 unspecified atom stereocenters. The average molecular weight is 707 g/mol. The van der Waals surface area contributed by atoms with Gasteiger partial charge in [0.1, 0.15) is 18.4 Å². The topological polar surface area (TPSA) is 105 Å². The summed E-state index contributed by atoms with van der Waals surface area (Å²) in [6.45, 7) is -1.36. The van der Waals surface area contributed by atoms with Crippen molar-refractivity contribution in [1.29, 1.82) is 5.26 Å². The number of anilines is 1. The van der Waals surface area contributed by atoms with Gasteiger partial charge < -0.3 is 11.1 Å². The van der Waals surface area contributed by atoms with E-state index in [4.69, 9.17) is 27.9 Å². The molecular weight excluding hydrogens is 693 g/mol. The van der Waals surface area contributed by atoms with E-state index < -0.39 is 90.1 Å². The SMILES string of the molecule is CN(CCOC(=O)c1ccc(C(F)(F)F)cc1)c1c(S(=O)(=O)C(F)(F)F)c(C#N)nn1-c1c(Cl)cc(C(F)(F)F)cc1Cl.[H-].[Na+]. The number of ether oxygens (including phenoxy) is 1. The molecule has 44 heavy (non-hydrogen) atoms. The molecule has 0 bridgehead atoms. The Bertz CT molecular complexity index is 1690. The number of alkyl halides is 9. The Balaban J connectivity index is 0.00000506. The minimum atomic E-state index is -6.35. The Morgan fingerprint density at radius 3 is 1.93 bits per heavy atom. The molecule has 0 saturated carbocycles. The van der Waals surface area contributed by atoms with E-state index in [1.54, 1.807) is 0 Å². The number of hydrogen-bond donors (Lipinski definition) is 0. The molecule has 21 heteroatoms. The van der Waals surface area contributed by atoms with E-state index in [2.05, 4.69) is 5.10 Å². The normalized spacial score (nSPS) is 12.3. The van der Waals surface area contributed by atoms with Crippen molar-refractivity contribution in [3.63, 3.8) is 0 Å². The van der Waals surface area contributed by atoms with Crippen LogP contribution in [-0.4, -0.2) is 49.9 Å². The minimum absolute atomic E-state index is 0. The minimum Gasteiger partial charge on any atom is -1.00 e. The fraction of sp³-hybridized carbons (Fsp3) is 0.261. The maximum atomic E-state index is 13.6. The van der Waals surface area contributed by atoms with Crippen molar-refractivity contribution >= 4 is 44.8 Å². The average Bonchev–Trinajstić information content (AvgIpc) is 3.26. The number of rotatable bonds is 7. The summed E-state index contributed by atoms with van der Waals surface area (Å²) in [5, 5.41) is 11.3. The molecule has 0 amide bonds. The van der Waals surface area contributed by atoms with E-state index in [0.717, 1.165) is 19.2 Å². The van der Waals surface area contributed by atoms with Gasteiger partial charge in [0.2, 0.25) is 0 Å². The summed E-state index contributed by atoms with van der Waals surface area (Å²) in [7, 11) is -5.39. The Labute approximate surface area is 275 Å². The van der Waals surface area contributed by atoms with Crippen molar-refractivity contribution in [2.24, 2.45) is 0 Å². The smallest absolute Gasteiger partial charge is 1.00 e. The molecule has 0 N–H and O–H groups in total. The van der Waals surface area contributed by atoms with Crippen LogP contribution in [-0.2, 0) is 26.9 Å². The zero-order valence-electron chi connectivity index (χ0n) is 22.9. The summed E-state index contributed by atoms with van der Waals surface area (Å²) in [5.41, 5.74) is -10.8. The second-order valence-electron chi connectivity index (χ2n) is 8.39. The van der Waals surface area contributed by atoms with E-state index in [1.807, 2.05) is 0 Å². The number of nitriles is 1. The van der Waals surface area contributed by atoms with Crippen LogP contribution in [0, 0.1) is 11.3 Å². The predicted molar refractivity (Wildman–Crippen MR) is 133 cm³/mol. The third-order valence-electron chi connectivity index (χ3n) is 5.52. The zero-order chi connectivity index (χ0) is 32.7. The molecule has 0 saturated heterocycles. The Hall–Kier alpha value is -2.69. The largest absolute Gasteiger partial charge is 1.00 e. The maximum Gasteiger partial charge on any atom is 1.00 e. The number of aromatic nitrogens is 2. The number of esters is 1. The van der Waals surface area contributed by atoms with Crippen LogP contribution in [0.3, 0.4) is 0 Å². The third kappa shape index (κ3) is 7.74. The predicted octanol–water partition coefficient (Wildman–Crippen LogP) is 3.79. The van der Waals surface area contributed by atoms with Gasteiger partial charge in [-0.15, -0.1) is 0 Å². The zero-order valence-corrected chi connectivity index (χ0v) is 26.2. The number of carbonyl (C=O) groups excluding carboxylic acids is 1. The number of likely N-dealkylation sites (N-methyl/N-ethyl adjacent to an activating group) is 1. The maximum absolute atomic E-state index is 13.6. The molecule has 1 heterocycles. The number of halogens is 11. The molecule has 3 rings (SSSR count). The fourth-order valence-corrected chi connectivity index (χ4v) is 5.22. The van der Waals surface area contributed by atoms with Gasteiger partial charge in [-0.25, -0.2) is 17.9 Å². The van der Waals surface area contributed by atoms with Gasteiger partial charge in [0.05, 0.1) is 33.3 Å². The van der Waals surface area contributed by atoms with Gasteiger partial charge in [-0.3, -0.25) is 0 Å². The van der Waals surface area contributed by atoms with E-state index in [1.165, 1.54) is 6.07 Å². The van der Waals surface area contributed by atoms with Crippen molar-refractivity contribution < 1.29 is 88.4 Å². The van der Waals surface area contributed by atoms with Gasteiger partial charge in [0.15, 0.2) is 16.4 Å². The van der Waals surface area contributed by atoms with Crippen molar-refractivity contribution in [2.45, 2.75) is 22.8 Å². The van der Waals surface area contributed by atoms with Gasteiger partial charge >= 0.3 is 53.4 Å². The van der Waals surface area contributed by atoms with Gasteiger partial charge in [0, 0.05) is 7.05 Å². The quantitative estimate of drug-likeness (QED) is 0.209. The molecule has 1 aromatic heterocycles. The Morgan fingerprint density at radius 2 is 1.50 bits per heavy atom. The second kappa shape index (κ2) is 13.3. The summed E-state index contributed by atoms with van der Waals surface area (Å²) < 4.78 is 149. The molecule has 0 radical (unpaired) electrons. The van der Waals surface area contributed by atoms with Crippen molar-refractivity contribution in [1.82, 2.24) is 9.78 Å². The molecule has 0 aliphatic carbocycles. The number of nitrogens with zero attached hydrogens (tertiary/aromatic N) is 4. The van der Waals surface area contributed by atoms with Crippen LogP contribution in [0.1, 0.15) is 28.6 Å². The van der Waals surface area contributed by atoms with Crippen LogP contribution >= 0.6 is 23.2 Å². The summed E-state index contributed by atoms with van der Waals surface area (Å²) >= 11 is 11.9. The molecule has 8 nitrogen and oxygen atoms in total. The summed E-state index contributed by atoms with van der Waals surface area (Å²) in [6.07, 6.45) is -9.65. The van der Waals surface area contributed by atoms with Gasteiger partial charge in [-0.05, 0) is 36.4 Å². The third-order valence-corrected chi connectivity index (χ3v) is 7.62.